The number of aromatic nitrogens is 4. The number of rotatable bonds is 2. The average molecular weight is 389 g/mol. The largest absolute Gasteiger partial charge is 0.342 e. The van der Waals surface area contributed by atoms with E-state index in [4.69, 9.17) is 23.2 Å². The van der Waals surface area contributed by atoms with Gasteiger partial charge < -0.3 is 4.98 Å². The molecular formula is C20H22Cl2N4. The Morgan fingerprint density at radius 1 is 0.962 bits per heavy atom. The molecule has 0 aliphatic carbocycles. The van der Waals surface area contributed by atoms with Gasteiger partial charge in [0.1, 0.15) is 11.3 Å². The van der Waals surface area contributed by atoms with Crippen LogP contribution in [0.2, 0.25) is 10.2 Å². The summed E-state index contributed by atoms with van der Waals surface area (Å²) in [6, 6.07) is 9.87. The predicted octanol–water partition coefficient (Wildman–Crippen LogP) is 6.46. The molecule has 0 bridgehead atoms. The highest BCUT2D eigenvalue weighted by Crippen LogP contribution is 2.22. The minimum absolute atomic E-state index is 0.412. The maximum Gasteiger partial charge on any atom is 0.156 e. The molecule has 3 aromatic heterocycles. The summed E-state index contributed by atoms with van der Waals surface area (Å²) in [4.78, 5) is 16.1. The smallest absolute Gasteiger partial charge is 0.156 e. The number of H-pyrrole nitrogens is 1. The first-order chi connectivity index (χ1) is 12.7. The third-order valence-electron chi connectivity index (χ3n) is 3.49. The topological polar surface area (TPSA) is 54.5 Å². The molecule has 0 spiro atoms. The van der Waals surface area contributed by atoms with Crippen LogP contribution in [0.5, 0.6) is 0 Å². The molecule has 0 aliphatic rings. The number of aromatic amines is 1. The third kappa shape index (κ3) is 4.51. The van der Waals surface area contributed by atoms with Crippen molar-refractivity contribution in [2.45, 2.75) is 34.1 Å². The van der Waals surface area contributed by atoms with E-state index in [1.165, 1.54) is 0 Å². The average Bonchev–Trinajstić information content (AvgIpc) is 3.09. The molecule has 6 heteroatoms. The van der Waals surface area contributed by atoms with E-state index in [-0.39, 0.29) is 0 Å². The van der Waals surface area contributed by atoms with Gasteiger partial charge >= 0.3 is 0 Å². The minimum Gasteiger partial charge on any atom is -0.342 e. The first-order valence-corrected chi connectivity index (χ1v) is 9.48. The van der Waals surface area contributed by atoms with Crippen molar-refractivity contribution in [2.24, 2.45) is 0 Å². The molecule has 0 fully saturated rings. The Bertz CT molecular complexity index is 996. The molecule has 0 amide bonds. The summed E-state index contributed by atoms with van der Waals surface area (Å²) in [7, 11) is 0. The molecule has 3 heterocycles. The molecule has 4 aromatic rings. The van der Waals surface area contributed by atoms with Gasteiger partial charge in [-0.2, -0.15) is 0 Å². The van der Waals surface area contributed by atoms with Crippen molar-refractivity contribution in [3.05, 3.63) is 64.3 Å². The number of fused-ring (bicyclic) bond motifs is 2. The molecule has 4 nitrogen and oxygen atoms in total. The summed E-state index contributed by atoms with van der Waals surface area (Å²) in [5, 5.41) is 2.06. The molecule has 136 valence electrons. The lowest BCUT2D eigenvalue weighted by atomic mass is 10.1. The van der Waals surface area contributed by atoms with E-state index in [9.17, 15) is 0 Å². The van der Waals surface area contributed by atoms with E-state index in [0.29, 0.717) is 22.1 Å². The highest BCUT2D eigenvalue weighted by Gasteiger charge is 2.08. The Morgan fingerprint density at radius 2 is 1.73 bits per heavy atom. The zero-order chi connectivity index (χ0) is 19.1. The van der Waals surface area contributed by atoms with Crippen molar-refractivity contribution in [1.82, 2.24) is 19.9 Å². The molecule has 0 saturated heterocycles. The molecule has 0 radical (unpaired) electrons. The molecule has 0 aliphatic heterocycles. The van der Waals surface area contributed by atoms with Gasteiger partial charge in [0.05, 0.1) is 16.1 Å². The normalized spacial score (nSPS) is 10.1. The van der Waals surface area contributed by atoms with Gasteiger partial charge in [0.15, 0.2) is 5.15 Å². The number of benzene rings is 1. The van der Waals surface area contributed by atoms with Crippen LogP contribution in [0.3, 0.4) is 0 Å². The monoisotopic (exact) mass is 388 g/mol. The first-order valence-electron chi connectivity index (χ1n) is 8.72. The Morgan fingerprint density at radius 3 is 2.46 bits per heavy atom. The number of hydrogen-bond donors (Lipinski definition) is 1. The lowest BCUT2D eigenvalue weighted by Gasteiger charge is -2.02. The van der Waals surface area contributed by atoms with Crippen molar-refractivity contribution < 1.29 is 0 Å². The summed E-state index contributed by atoms with van der Waals surface area (Å²) in [6.07, 6.45) is 3.99. The fraction of sp³-hybridized carbons (Fsp3) is 0.250. The van der Waals surface area contributed by atoms with Gasteiger partial charge in [0.2, 0.25) is 0 Å². The highest BCUT2D eigenvalue weighted by molar-refractivity contribution is 6.33. The second kappa shape index (κ2) is 9.51. The molecule has 1 N–H and O–H groups in total. The lowest BCUT2D eigenvalue weighted by molar-refractivity contribution is 1.04. The molecule has 0 saturated carbocycles. The van der Waals surface area contributed by atoms with Gasteiger partial charge in [0, 0.05) is 24.2 Å². The zero-order valence-electron chi connectivity index (χ0n) is 15.3. The fourth-order valence-corrected chi connectivity index (χ4v) is 2.86. The maximum absolute atomic E-state index is 6.05. The van der Waals surface area contributed by atoms with Gasteiger partial charge in [-0.3, -0.25) is 4.98 Å². The summed E-state index contributed by atoms with van der Waals surface area (Å²) in [5.74, 6) is 0.847. The van der Waals surface area contributed by atoms with Gasteiger partial charge in [-0.1, -0.05) is 57.0 Å². The highest BCUT2D eigenvalue weighted by atomic mass is 35.5. The van der Waals surface area contributed by atoms with Crippen LogP contribution >= 0.6 is 23.2 Å². The quantitative estimate of drug-likeness (QED) is 0.401. The second-order valence-electron chi connectivity index (χ2n) is 5.04. The van der Waals surface area contributed by atoms with E-state index >= 15 is 0 Å². The standard InChI is InChI=1S/C16H10Cl2N4.2C2H6/c17-11-7-10-5-9(1-2-12(10)20-8-11)6-14-21-13-3-4-19-16(18)15(13)22-14;2*1-2/h1-5,7-8H,6H2,(H,21,22);2*1-2H3. The molecule has 0 atom stereocenters. The summed E-state index contributed by atoms with van der Waals surface area (Å²) >= 11 is 12.1. The Labute approximate surface area is 163 Å². The maximum atomic E-state index is 6.05. The fourth-order valence-electron chi connectivity index (χ4n) is 2.50. The molecule has 4 rings (SSSR count). The number of imidazole rings is 1. The van der Waals surface area contributed by atoms with Crippen molar-refractivity contribution >= 4 is 45.1 Å². The number of hydrogen-bond acceptors (Lipinski definition) is 3. The van der Waals surface area contributed by atoms with Crippen LogP contribution in [-0.4, -0.2) is 19.9 Å². The van der Waals surface area contributed by atoms with Gasteiger partial charge in [-0.15, -0.1) is 0 Å². The van der Waals surface area contributed by atoms with Crippen molar-refractivity contribution in [2.75, 3.05) is 0 Å². The van der Waals surface area contributed by atoms with E-state index in [2.05, 4.69) is 26.0 Å². The second-order valence-corrected chi connectivity index (χ2v) is 5.83. The van der Waals surface area contributed by atoms with Crippen LogP contribution in [0.25, 0.3) is 21.9 Å². The lowest BCUT2D eigenvalue weighted by Crippen LogP contribution is -1.91. The molecular weight excluding hydrogens is 367 g/mol. The van der Waals surface area contributed by atoms with Crippen LogP contribution in [-0.2, 0) is 6.42 Å². The number of nitrogens with one attached hydrogen (secondary N) is 1. The summed E-state index contributed by atoms with van der Waals surface area (Å²) < 4.78 is 0. The predicted molar refractivity (Wildman–Crippen MR) is 111 cm³/mol. The van der Waals surface area contributed by atoms with Crippen LogP contribution < -0.4 is 0 Å². The van der Waals surface area contributed by atoms with Crippen LogP contribution in [0.1, 0.15) is 39.1 Å². The first kappa shape index (κ1) is 20.1. The minimum atomic E-state index is 0.412. The van der Waals surface area contributed by atoms with Crippen LogP contribution in [0.15, 0.2) is 42.7 Å². The van der Waals surface area contributed by atoms with E-state index in [1.54, 1.807) is 12.4 Å². The Balaban J connectivity index is 0.000000570. The molecule has 1 aromatic carbocycles. The summed E-state index contributed by atoms with van der Waals surface area (Å²) in [6.45, 7) is 8.00. The van der Waals surface area contributed by atoms with E-state index in [0.717, 1.165) is 27.8 Å². The van der Waals surface area contributed by atoms with Crippen molar-refractivity contribution in [3.8, 4) is 0 Å². The van der Waals surface area contributed by atoms with Crippen molar-refractivity contribution in [1.29, 1.82) is 0 Å². The van der Waals surface area contributed by atoms with Crippen LogP contribution in [0, 0.1) is 0 Å². The van der Waals surface area contributed by atoms with E-state index < -0.39 is 0 Å². The van der Waals surface area contributed by atoms with Gasteiger partial charge in [-0.05, 0) is 29.8 Å². The van der Waals surface area contributed by atoms with Crippen molar-refractivity contribution in [3.63, 3.8) is 0 Å². The molecule has 26 heavy (non-hydrogen) atoms. The number of halogens is 2. The van der Waals surface area contributed by atoms with Crippen LogP contribution in [0.4, 0.5) is 0 Å². The van der Waals surface area contributed by atoms with E-state index in [1.807, 2.05) is 52.0 Å². The Hall–Kier alpha value is -2.17. The SMILES string of the molecule is CC.CC.Clc1cnc2ccc(Cc3nc4c(Cl)nccc4[nH]3)cc2c1. The van der Waals surface area contributed by atoms with Gasteiger partial charge in [-0.25, -0.2) is 9.97 Å². The Kier molecular flexibility index (Phi) is 7.37. The number of pyridine rings is 2. The van der Waals surface area contributed by atoms with Gasteiger partial charge in [0.25, 0.3) is 0 Å². The summed E-state index contributed by atoms with van der Waals surface area (Å²) in [5.41, 5.74) is 3.63. The zero-order valence-corrected chi connectivity index (χ0v) is 16.9. The number of nitrogens with zero attached hydrogens (tertiary/aromatic N) is 3. The molecule has 0 unspecified atom stereocenters. The third-order valence-corrected chi connectivity index (χ3v) is 3.97.